The number of benzene rings is 1. The highest BCUT2D eigenvalue weighted by atomic mass is 16.5. The van der Waals surface area contributed by atoms with E-state index in [2.05, 4.69) is 12.2 Å². The lowest BCUT2D eigenvalue weighted by Gasteiger charge is -2.32. The number of nitrogens with zero attached hydrogens (tertiary/aromatic N) is 1. The molecule has 1 amide bonds. The van der Waals surface area contributed by atoms with Gasteiger partial charge in [-0.3, -0.25) is 4.79 Å². The first kappa shape index (κ1) is 15.8. The number of hydrogen-bond acceptors (Lipinski definition) is 3. The fourth-order valence-electron chi connectivity index (χ4n) is 2.74. The predicted molar refractivity (Wildman–Crippen MR) is 84.5 cm³/mol. The summed E-state index contributed by atoms with van der Waals surface area (Å²) in [4.78, 5) is 14.2. The molecule has 1 aliphatic rings. The largest absolute Gasteiger partial charge is 0.491 e. The minimum atomic E-state index is -0.0396. The molecule has 1 heterocycles. The molecule has 0 aromatic heterocycles. The monoisotopic (exact) mass is 290 g/mol. The van der Waals surface area contributed by atoms with Crippen LogP contribution in [-0.2, 0) is 4.79 Å². The van der Waals surface area contributed by atoms with E-state index >= 15 is 0 Å². The fraction of sp³-hybridized carbons (Fsp3) is 0.588. The van der Waals surface area contributed by atoms with Crippen LogP contribution in [0.3, 0.4) is 0 Å². The van der Waals surface area contributed by atoms with Gasteiger partial charge < -0.3 is 15.0 Å². The Morgan fingerprint density at radius 3 is 2.90 bits per heavy atom. The van der Waals surface area contributed by atoms with E-state index in [4.69, 9.17) is 4.74 Å². The lowest BCUT2D eigenvalue weighted by atomic mass is 9.92. The minimum absolute atomic E-state index is 0.0396. The maximum Gasteiger partial charge on any atom is 0.239 e. The topological polar surface area (TPSA) is 41.6 Å². The molecule has 21 heavy (non-hydrogen) atoms. The van der Waals surface area contributed by atoms with Crippen molar-refractivity contribution >= 4 is 5.91 Å². The number of hydrogen-bond donors (Lipinski definition) is 1. The smallest absolute Gasteiger partial charge is 0.239 e. The predicted octanol–water partition coefficient (Wildman–Crippen LogP) is 2.22. The van der Waals surface area contributed by atoms with Gasteiger partial charge in [-0.2, -0.15) is 0 Å². The highest BCUT2D eigenvalue weighted by Crippen LogP contribution is 2.18. The van der Waals surface area contributed by atoms with Crippen LogP contribution < -0.4 is 10.1 Å². The van der Waals surface area contributed by atoms with Gasteiger partial charge in [0.05, 0.1) is 12.6 Å². The second kappa shape index (κ2) is 7.46. The molecule has 2 atom stereocenters. The zero-order valence-electron chi connectivity index (χ0n) is 13.3. The Hall–Kier alpha value is -1.55. The number of rotatable bonds is 5. The van der Waals surface area contributed by atoms with Crippen LogP contribution in [0, 0.1) is 12.8 Å². The Morgan fingerprint density at radius 2 is 2.19 bits per heavy atom. The number of aryl methyl sites for hydroxylation is 1. The summed E-state index contributed by atoms with van der Waals surface area (Å²) < 4.78 is 5.76. The Kier molecular flexibility index (Phi) is 5.62. The van der Waals surface area contributed by atoms with E-state index in [1.165, 1.54) is 0 Å². The van der Waals surface area contributed by atoms with Crippen LogP contribution in [0.5, 0.6) is 5.75 Å². The van der Waals surface area contributed by atoms with Crippen LogP contribution in [0.2, 0.25) is 0 Å². The van der Waals surface area contributed by atoms with E-state index in [1.807, 2.05) is 38.2 Å². The molecular formula is C17H26N2O2. The number of carbonyl (C=O) groups excluding carboxylic acids is 1. The molecule has 1 N–H and O–H groups in total. The molecular weight excluding hydrogens is 264 g/mol. The van der Waals surface area contributed by atoms with Crippen LogP contribution in [0.15, 0.2) is 24.3 Å². The van der Waals surface area contributed by atoms with Crippen molar-refractivity contribution in [1.82, 2.24) is 10.2 Å². The third-order valence-electron chi connectivity index (χ3n) is 4.19. The SMILES string of the molecule is Cc1ccccc1OCCN(C)C(=O)C1NCCCC1C. The van der Waals surface area contributed by atoms with Crippen molar-refractivity contribution in [2.75, 3.05) is 26.7 Å². The molecule has 1 fully saturated rings. The molecule has 4 nitrogen and oxygen atoms in total. The summed E-state index contributed by atoms with van der Waals surface area (Å²) in [5, 5.41) is 3.33. The van der Waals surface area contributed by atoms with E-state index in [0.29, 0.717) is 19.1 Å². The number of carbonyl (C=O) groups is 1. The Bertz CT molecular complexity index is 476. The van der Waals surface area contributed by atoms with Crippen molar-refractivity contribution in [2.45, 2.75) is 32.7 Å². The summed E-state index contributed by atoms with van der Waals surface area (Å²) in [5.74, 6) is 1.48. The van der Waals surface area contributed by atoms with Crippen molar-refractivity contribution in [3.8, 4) is 5.75 Å². The first-order valence-corrected chi connectivity index (χ1v) is 7.76. The molecule has 0 aliphatic carbocycles. The zero-order valence-corrected chi connectivity index (χ0v) is 13.3. The van der Waals surface area contributed by atoms with Gasteiger partial charge in [0.1, 0.15) is 12.4 Å². The van der Waals surface area contributed by atoms with E-state index in [0.717, 1.165) is 30.7 Å². The van der Waals surface area contributed by atoms with Gasteiger partial charge in [-0.25, -0.2) is 0 Å². The minimum Gasteiger partial charge on any atom is -0.491 e. The molecule has 1 aromatic rings. The molecule has 0 saturated carbocycles. The maximum absolute atomic E-state index is 12.4. The highest BCUT2D eigenvalue weighted by molar-refractivity contribution is 5.82. The molecule has 1 aromatic carbocycles. The molecule has 2 rings (SSSR count). The van der Waals surface area contributed by atoms with Crippen molar-refractivity contribution in [1.29, 1.82) is 0 Å². The fourth-order valence-corrected chi connectivity index (χ4v) is 2.74. The van der Waals surface area contributed by atoms with E-state index in [-0.39, 0.29) is 11.9 Å². The van der Waals surface area contributed by atoms with Gasteiger partial charge >= 0.3 is 0 Å². The van der Waals surface area contributed by atoms with Gasteiger partial charge in [-0.05, 0) is 43.9 Å². The van der Waals surface area contributed by atoms with Crippen LogP contribution in [-0.4, -0.2) is 43.6 Å². The van der Waals surface area contributed by atoms with E-state index < -0.39 is 0 Å². The van der Waals surface area contributed by atoms with Crippen molar-refractivity contribution in [2.24, 2.45) is 5.92 Å². The van der Waals surface area contributed by atoms with Gasteiger partial charge in [-0.15, -0.1) is 0 Å². The average Bonchev–Trinajstić information content (AvgIpc) is 2.49. The number of likely N-dealkylation sites (N-methyl/N-ethyl adjacent to an activating group) is 1. The first-order valence-electron chi connectivity index (χ1n) is 7.76. The molecule has 116 valence electrons. The molecule has 4 heteroatoms. The summed E-state index contributed by atoms with van der Waals surface area (Å²) in [6.45, 7) is 6.24. The normalized spacial score (nSPS) is 21.9. The summed E-state index contributed by atoms with van der Waals surface area (Å²) in [6.07, 6.45) is 2.28. The lowest BCUT2D eigenvalue weighted by Crippen LogP contribution is -2.51. The van der Waals surface area contributed by atoms with Crippen molar-refractivity contribution < 1.29 is 9.53 Å². The molecule has 0 spiro atoms. The van der Waals surface area contributed by atoms with Gasteiger partial charge in [0.25, 0.3) is 0 Å². The molecule has 1 aliphatic heterocycles. The maximum atomic E-state index is 12.4. The Labute approximate surface area is 127 Å². The van der Waals surface area contributed by atoms with E-state index in [1.54, 1.807) is 4.90 Å². The second-order valence-corrected chi connectivity index (χ2v) is 5.93. The number of amides is 1. The summed E-state index contributed by atoms with van der Waals surface area (Å²) in [6, 6.07) is 7.90. The Morgan fingerprint density at radius 1 is 1.43 bits per heavy atom. The lowest BCUT2D eigenvalue weighted by molar-refractivity contribution is -0.134. The van der Waals surface area contributed by atoms with Crippen LogP contribution >= 0.6 is 0 Å². The van der Waals surface area contributed by atoms with Gasteiger partial charge in [0, 0.05) is 7.05 Å². The van der Waals surface area contributed by atoms with E-state index in [9.17, 15) is 4.79 Å². The molecule has 2 unspecified atom stereocenters. The van der Waals surface area contributed by atoms with Gasteiger partial charge in [-0.1, -0.05) is 25.1 Å². The highest BCUT2D eigenvalue weighted by Gasteiger charge is 2.29. The van der Waals surface area contributed by atoms with Crippen LogP contribution in [0.1, 0.15) is 25.3 Å². The molecule has 1 saturated heterocycles. The van der Waals surface area contributed by atoms with Gasteiger partial charge in [0.15, 0.2) is 0 Å². The van der Waals surface area contributed by atoms with Gasteiger partial charge in [0.2, 0.25) is 5.91 Å². The third kappa shape index (κ3) is 4.21. The number of para-hydroxylation sites is 1. The number of piperidine rings is 1. The molecule has 0 bridgehead atoms. The average molecular weight is 290 g/mol. The van der Waals surface area contributed by atoms with Crippen LogP contribution in [0.25, 0.3) is 0 Å². The Balaban J connectivity index is 1.80. The number of ether oxygens (including phenoxy) is 1. The van der Waals surface area contributed by atoms with Crippen molar-refractivity contribution in [3.05, 3.63) is 29.8 Å². The summed E-state index contributed by atoms with van der Waals surface area (Å²) in [5.41, 5.74) is 1.12. The first-order chi connectivity index (χ1) is 10.1. The quantitative estimate of drug-likeness (QED) is 0.904. The summed E-state index contributed by atoms with van der Waals surface area (Å²) >= 11 is 0. The second-order valence-electron chi connectivity index (χ2n) is 5.93. The standard InChI is InChI=1S/C17H26N2O2/c1-13-7-4-5-9-15(13)21-12-11-19(3)17(20)16-14(2)8-6-10-18-16/h4-5,7,9,14,16,18H,6,8,10-12H2,1-3H3. The van der Waals surface area contributed by atoms with Crippen LogP contribution in [0.4, 0.5) is 0 Å². The van der Waals surface area contributed by atoms with Crippen molar-refractivity contribution in [3.63, 3.8) is 0 Å². The zero-order chi connectivity index (χ0) is 15.2. The number of nitrogens with one attached hydrogen (secondary N) is 1. The molecule has 0 radical (unpaired) electrons. The third-order valence-corrected chi connectivity index (χ3v) is 4.19. The summed E-state index contributed by atoms with van der Waals surface area (Å²) in [7, 11) is 1.85.